The zero-order valence-electron chi connectivity index (χ0n) is 11.8. The van der Waals surface area contributed by atoms with Crippen LogP contribution >= 0.6 is 0 Å². The predicted molar refractivity (Wildman–Crippen MR) is 73.5 cm³/mol. The van der Waals surface area contributed by atoms with E-state index in [0.29, 0.717) is 13.2 Å². The van der Waals surface area contributed by atoms with Gasteiger partial charge in [0, 0.05) is 12.5 Å². The molecule has 0 heterocycles. The highest BCUT2D eigenvalue weighted by atomic mass is 19.1. The Labute approximate surface area is 114 Å². The van der Waals surface area contributed by atoms with Gasteiger partial charge in [0.25, 0.3) is 0 Å². The van der Waals surface area contributed by atoms with Crippen molar-refractivity contribution in [3.05, 3.63) is 29.6 Å². The normalized spacial score (nSPS) is 10.6. The number of carbonyl (C=O) groups excluding carboxylic acids is 1. The summed E-state index contributed by atoms with van der Waals surface area (Å²) in [6.45, 7) is 6.57. The van der Waals surface area contributed by atoms with Crippen molar-refractivity contribution < 1.29 is 13.9 Å². The molecule has 0 aliphatic rings. The summed E-state index contributed by atoms with van der Waals surface area (Å²) < 4.78 is 18.7. The van der Waals surface area contributed by atoms with E-state index in [1.165, 1.54) is 6.07 Å². The van der Waals surface area contributed by atoms with Crippen LogP contribution in [0, 0.1) is 11.7 Å². The molecule has 1 aromatic rings. The second-order valence-corrected chi connectivity index (χ2v) is 4.43. The lowest BCUT2D eigenvalue weighted by atomic mass is 10.0. The van der Waals surface area contributed by atoms with Crippen LogP contribution < -0.4 is 10.1 Å². The number of ether oxygens (including phenoxy) is 1. The molecule has 0 aliphatic carbocycles. The van der Waals surface area contributed by atoms with E-state index in [9.17, 15) is 9.18 Å². The number of amides is 1. The molecule has 1 N–H and O–H groups in total. The van der Waals surface area contributed by atoms with E-state index in [4.69, 9.17) is 4.74 Å². The van der Waals surface area contributed by atoms with Crippen LogP contribution in [0.15, 0.2) is 18.2 Å². The molecule has 1 rings (SSSR count). The van der Waals surface area contributed by atoms with Crippen LogP contribution in [0.2, 0.25) is 0 Å². The van der Waals surface area contributed by atoms with Crippen LogP contribution in [0.4, 0.5) is 4.39 Å². The molecule has 0 aromatic heterocycles. The quantitative estimate of drug-likeness (QED) is 0.823. The summed E-state index contributed by atoms with van der Waals surface area (Å²) >= 11 is 0. The van der Waals surface area contributed by atoms with Gasteiger partial charge in [0.05, 0.1) is 6.61 Å². The van der Waals surface area contributed by atoms with E-state index >= 15 is 0 Å². The zero-order valence-corrected chi connectivity index (χ0v) is 11.8. The number of rotatable bonds is 7. The fourth-order valence-corrected chi connectivity index (χ4v) is 1.92. The van der Waals surface area contributed by atoms with Gasteiger partial charge >= 0.3 is 0 Å². The van der Waals surface area contributed by atoms with Crippen LogP contribution in [0.25, 0.3) is 0 Å². The maximum absolute atomic E-state index is 13.6. The van der Waals surface area contributed by atoms with E-state index in [-0.39, 0.29) is 17.6 Å². The van der Waals surface area contributed by atoms with Gasteiger partial charge in [0.1, 0.15) is 0 Å². The Bertz CT molecular complexity index is 417. The molecule has 0 spiro atoms. The Morgan fingerprint density at radius 3 is 2.53 bits per heavy atom. The molecule has 0 bridgehead atoms. The average molecular weight is 267 g/mol. The smallest absolute Gasteiger partial charge is 0.223 e. The molecule has 0 saturated heterocycles. The van der Waals surface area contributed by atoms with Gasteiger partial charge in [-0.2, -0.15) is 0 Å². The lowest BCUT2D eigenvalue weighted by Crippen LogP contribution is -2.29. The van der Waals surface area contributed by atoms with Crippen LogP contribution in [-0.4, -0.2) is 12.5 Å². The summed E-state index contributed by atoms with van der Waals surface area (Å²) in [4.78, 5) is 11.8. The predicted octanol–water partition coefficient (Wildman–Crippen LogP) is 3.28. The number of benzene rings is 1. The van der Waals surface area contributed by atoms with Crippen molar-refractivity contribution in [3.63, 3.8) is 0 Å². The first kappa shape index (κ1) is 15.5. The Morgan fingerprint density at radius 2 is 2.00 bits per heavy atom. The summed E-state index contributed by atoms with van der Waals surface area (Å²) in [5.74, 6) is -0.0828. The summed E-state index contributed by atoms with van der Waals surface area (Å²) in [7, 11) is 0. The van der Waals surface area contributed by atoms with Crippen LogP contribution in [0.3, 0.4) is 0 Å². The van der Waals surface area contributed by atoms with Crippen LogP contribution in [0.5, 0.6) is 5.75 Å². The first-order chi connectivity index (χ1) is 9.12. The van der Waals surface area contributed by atoms with Gasteiger partial charge in [-0.05, 0) is 37.5 Å². The van der Waals surface area contributed by atoms with E-state index in [0.717, 1.165) is 18.4 Å². The molecule has 0 radical (unpaired) electrons. The highest BCUT2D eigenvalue weighted by Gasteiger charge is 2.13. The molecule has 0 saturated carbocycles. The van der Waals surface area contributed by atoms with E-state index in [1.54, 1.807) is 12.1 Å². The molecule has 4 heteroatoms. The van der Waals surface area contributed by atoms with Gasteiger partial charge in [-0.15, -0.1) is 0 Å². The number of halogens is 1. The van der Waals surface area contributed by atoms with E-state index in [1.807, 2.05) is 20.8 Å². The van der Waals surface area contributed by atoms with Crippen LogP contribution in [0.1, 0.15) is 39.2 Å². The first-order valence-electron chi connectivity index (χ1n) is 6.81. The summed E-state index contributed by atoms with van der Waals surface area (Å²) in [5, 5.41) is 2.83. The molecular formula is C15H22FNO2. The van der Waals surface area contributed by atoms with Gasteiger partial charge in [-0.1, -0.05) is 19.9 Å². The van der Waals surface area contributed by atoms with E-state index in [2.05, 4.69) is 5.32 Å². The minimum absolute atomic E-state index is 0.0271. The maximum atomic E-state index is 13.6. The molecule has 0 atom stereocenters. The summed E-state index contributed by atoms with van der Waals surface area (Å²) in [5.41, 5.74) is 0.736. The van der Waals surface area contributed by atoms with Crippen molar-refractivity contribution in [3.8, 4) is 5.75 Å². The molecule has 1 amide bonds. The highest BCUT2D eigenvalue weighted by molar-refractivity contribution is 5.78. The lowest BCUT2D eigenvalue weighted by molar-refractivity contribution is -0.125. The van der Waals surface area contributed by atoms with Crippen molar-refractivity contribution >= 4 is 5.91 Å². The van der Waals surface area contributed by atoms with Gasteiger partial charge in [-0.3, -0.25) is 4.79 Å². The number of carbonyl (C=O) groups is 1. The topological polar surface area (TPSA) is 38.3 Å². The third kappa shape index (κ3) is 4.54. The maximum Gasteiger partial charge on any atom is 0.223 e. The van der Waals surface area contributed by atoms with Crippen molar-refractivity contribution in [1.82, 2.24) is 5.32 Å². The van der Waals surface area contributed by atoms with Crippen molar-refractivity contribution in [1.29, 1.82) is 0 Å². The van der Waals surface area contributed by atoms with Crippen molar-refractivity contribution in [2.75, 3.05) is 6.61 Å². The fourth-order valence-electron chi connectivity index (χ4n) is 1.92. The van der Waals surface area contributed by atoms with Crippen molar-refractivity contribution in [2.24, 2.45) is 5.92 Å². The Morgan fingerprint density at radius 1 is 1.32 bits per heavy atom. The third-order valence-electron chi connectivity index (χ3n) is 3.12. The Kier molecular flexibility index (Phi) is 6.33. The van der Waals surface area contributed by atoms with E-state index < -0.39 is 5.82 Å². The third-order valence-corrected chi connectivity index (χ3v) is 3.12. The number of hydrogen-bond acceptors (Lipinski definition) is 2. The zero-order chi connectivity index (χ0) is 14.3. The average Bonchev–Trinajstić information content (AvgIpc) is 2.41. The van der Waals surface area contributed by atoms with Gasteiger partial charge in [0.15, 0.2) is 11.6 Å². The standard InChI is InChI=1S/C15H22FNO2/c1-4-12(5-2)15(18)17-10-11-7-8-14(19-6-3)13(16)9-11/h7-9,12H,4-6,10H2,1-3H3,(H,17,18). The Balaban J connectivity index is 2.58. The number of nitrogens with one attached hydrogen (secondary N) is 1. The summed E-state index contributed by atoms with van der Waals surface area (Å²) in [6.07, 6.45) is 1.64. The Hall–Kier alpha value is -1.58. The number of hydrogen-bond donors (Lipinski definition) is 1. The summed E-state index contributed by atoms with van der Waals surface area (Å²) in [6, 6.07) is 4.76. The van der Waals surface area contributed by atoms with Gasteiger partial charge in [-0.25, -0.2) is 4.39 Å². The minimum Gasteiger partial charge on any atom is -0.491 e. The second kappa shape index (κ2) is 7.77. The van der Waals surface area contributed by atoms with Gasteiger partial charge in [0.2, 0.25) is 5.91 Å². The first-order valence-corrected chi connectivity index (χ1v) is 6.81. The largest absolute Gasteiger partial charge is 0.491 e. The monoisotopic (exact) mass is 267 g/mol. The molecule has 1 aromatic carbocycles. The molecule has 106 valence electrons. The molecule has 0 unspecified atom stereocenters. The highest BCUT2D eigenvalue weighted by Crippen LogP contribution is 2.18. The molecule has 0 aliphatic heterocycles. The molecule has 3 nitrogen and oxygen atoms in total. The van der Waals surface area contributed by atoms with Crippen LogP contribution in [-0.2, 0) is 11.3 Å². The van der Waals surface area contributed by atoms with Crippen molar-refractivity contribution in [2.45, 2.75) is 40.2 Å². The second-order valence-electron chi connectivity index (χ2n) is 4.43. The molecular weight excluding hydrogens is 245 g/mol. The lowest BCUT2D eigenvalue weighted by Gasteiger charge is -2.13. The van der Waals surface area contributed by atoms with Gasteiger partial charge < -0.3 is 10.1 Å². The molecule has 0 fully saturated rings. The molecule has 19 heavy (non-hydrogen) atoms. The SMILES string of the molecule is CCOc1ccc(CNC(=O)C(CC)CC)cc1F. The minimum atomic E-state index is -0.392. The fraction of sp³-hybridized carbons (Fsp3) is 0.533.